The minimum atomic E-state index is -4.57. The summed E-state index contributed by atoms with van der Waals surface area (Å²) in [5, 5.41) is 7.11. The van der Waals surface area contributed by atoms with Gasteiger partial charge < -0.3 is 19.2 Å². The molecule has 264 valence electrons. The second-order valence-corrected chi connectivity index (χ2v) is 12.6. The van der Waals surface area contributed by atoms with Crippen molar-refractivity contribution in [3.63, 3.8) is 0 Å². The quantitative estimate of drug-likeness (QED) is 0.166. The van der Waals surface area contributed by atoms with Gasteiger partial charge in [0.2, 0.25) is 11.8 Å². The molecule has 0 saturated carbocycles. The molecule has 5 rings (SSSR count). The van der Waals surface area contributed by atoms with Crippen molar-refractivity contribution < 1.29 is 40.6 Å². The standard InChI is InChI=1S/C19H11F5N2O2.C15H18Cl2N2O3/c20-12-6-7-16(15(21)10-12)26-17(27)14-5-2-8-25-18(14)28-13-4-1-3-11(9-13)19(22,23)24;1-8(2)21-12-7-11(9(16)6-10(12)17)19-14(20)22-13(18-19)15(3,4)5/h1-10H,(H,26,27);6-8H,1-5H3. The molecule has 0 aliphatic rings. The van der Waals surface area contributed by atoms with Crippen molar-refractivity contribution in [3.8, 4) is 23.1 Å². The summed E-state index contributed by atoms with van der Waals surface area (Å²) < 4.78 is 82.4. The Hall–Kier alpha value is -4.95. The molecule has 0 bridgehead atoms. The van der Waals surface area contributed by atoms with Gasteiger partial charge in [-0.2, -0.15) is 17.9 Å². The SMILES string of the molecule is CC(C)Oc1cc(-n2nc(C(C)(C)C)oc2=O)c(Cl)cc1Cl.O=C(Nc1ccc(F)cc1F)c1cccnc1Oc1cccc(C(F)(F)F)c1. The first-order valence-electron chi connectivity index (χ1n) is 14.7. The van der Waals surface area contributed by atoms with E-state index in [2.05, 4.69) is 15.4 Å². The number of nitrogens with zero attached hydrogens (tertiary/aromatic N) is 3. The van der Waals surface area contributed by atoms with E-state index < -0.39 is 35.0 Å². The van der Waals surface area contributed by atoms with Gasteiger partial charge in [-0.15, -0.1) is 5.10 Å². The van der Waals surface area contributed by atoms with Crippen LogP contribution in [0.25, 0.3) is 5.69 Å². The van der Waals surface area contributed by atoms with Gasteiger partial charge in [-0.1, -0.05) is 50.0 Å². The highest BCUT2D eigenvalue weighted by Crippen LogP contribution is 2.35. The normalized spacial score (nSPS) is 11.5. The molecule has 0 radical (unpaired) electrons. The molecule has 5 aromatic rings. The van der Waals surface area contributed by atoms with Gasteiger partial charge >= 0.3 is 11.9 Å². The third-order valence-electron chi connectivity index (χ3n) is 6.35. The zero-order valence-electron chi connectivity index (χ0n) is 27.0. The first kappa shape index (κ1) is 37.9. The number of carbonyl (C=O) groups is 1. The van der Waals surface area contributed by atoms with Crippen LogP contribution in [-0.2, 0) is 11.6 Å². The fourth-order valence-corrected chi connectivity index (χ4v) is 4.54. The molecule has 0 saturated heterocycles. The Morgan fingerprint density at radius 3 is 2.30 bits per heavy atom. The third kappa shape index (κ3) is 9.60. The van der Waals surface area contributed by atoms with Crippen molar-refractivity contribution in [3.05, 3.63) is 122 Å². The van der Waals surface area contributed by atoms with Crippen LogP contribution in [0, 0.1) is 11.6 Å². The largest absolute Gasteiger partial charge is 0.489 e. The van der Waals surface area contributed by atoms with E-state index in [1.54, 1.807) is 6.07 Å². The third-order valence-corrected chi connectivity index (χ3v) is 6.95. The maximum Gasteiger partial charge on any atom is 0.442 e. The second-order valence-electron chi connectivity index (χ2n) is 11.8. The molecule has 0 unspecified atom stereocenters. The van der Waals surface area contributed by atoms with E-state index in [4.69, 9.17) is 37.1 Å². The first-order chi connectivity index (χ1) is 23.3. The Labute approximate surface area is 292 Å². The highest BCUT2D eigenvalue weighted by molar-refractivity contribution is 6.36. The van der Waals surface area contributed by atoms with Crippen LogP contribution >= 0.6 is 23.2 Å². The summed E-state index contributed by atoms with van der Waals surface area (Å²) in [5.41, 5.74) is -1.38. The number of pyridine rings is 1. The van der Waals surface area contributed by atoms with Crippen LogP contribution in [0.3, 0.4) is 0 Å². The van der Waals surface area contributed by atoms with Gasteiger partial charge in [0.05, 0.1) is 33.1 Å². The lowest BCUT2D eigenvalue weighted by Gasteiger charge is -2.13. The number of alkyl halides is 3. The Balaban J connectivity index is 0.000000232. The molecule has 2 heterocycles. The van der Waals surface area contributed by atoms with Crippen LogP contribution < -0.4 is 20.5 Å². The molecule has 9 nitrogen and oxygen atoms in total. The summed E-state index contributed by atoms with van der Waals surface area (Å²) in [6.07, 6.45) is -3.35. The molecule has 0 atom stereocenters. The number of nitrogens with one attached hydrogen (secondary N) is 1. The summed E-state index contributed by atoms with van der Waals surface area (Å²) in [6.45, 7) is 9.47. The lowest BCUT2D eigenvalue weighted by atomic mass is 9.97. The zero-order valence-corrected chi connectivity index (χ0v) is 28.5. The van der Waals surface area contributed by atoms with Gasteiger partial charge in [0.1, 0.15) is 28.7 Å². The van der Waals surface area contributed by atoms with Gasteiger partial charge in [0, 0.05) is 23.7 Å². The molecule has 0 aliphatic carbocycles. The van der Waals surface area contributed by atoms with E-state index in [0.717, 1.165) is 35.0 Å². The smallest absolute Gasteiger partial charge is 0.442 e. The number of hydrogen-bond acceptors (Lipinski definition) is 7. The van der Waals surface area contributed by atoms with Gasteiger partial charge in [-0.05, 0) is 62.4 Å². The Bertz CT molecular complexity index is 2060. The lowest BCUT2D eigenvalue weighted by molar-refractivity contribution is -0.137. The monoisotopic (exact) mass is 738 g/mol. The second kappa shape index (κ2) is 15.3. The van der Waals surface area contributed by atoms with Crippen LogP contribution in [0.1, 0.15) is 56.4 Å². The molecule has 16 heteroatoms. The summed E-state index contributed by atoms with van der Waals surface area (Å²) in [5.74, 6) is -2.94. The number of anilines is 1. The van der Waals surface area contributed by atoms with Crippen LogP contribution in [0.15, 0.2) is 82.1 Å². The van der Waals surface area contributed by atoms with Crippen molar-refractivity contribution in [1.29, 1.82) is 0 Å². The highest BCUT2D eigenvalue weighted by atomic mass is 35.5. The van der Waals surface area contributed by atoms with Crippen molar-refractivity contribution >= 4 is 34.8 Å². The number of hydrogen-bond donors (Lipinski definition) is 1. The maximum absolute atomic E-state index is 13.7. The summed E-state index contributed by atoms with van der Waals surface area (Å²) in [6, 6.07) is 12.4. The average molecular weight is 740 g/mol. The van der Waals surface area contributed by atoms with Crippen LogP contribution in [-0.4, -0.2) is 26.8 Å². The summed E-state index contributed by atoms with van der Waals surface area (Å²) >= 11 is 12.3. The van der Waals surface area contributed by atoms with Gasteiger partial charge in [0.15, 0.2) is 0 Å². The molecule has 2 aromatic heterocycles. The van der Waals surface area contributed by atoms with E-state index >= 15 is 0 Å². The number of halogens is 7. The van der Waals surface area contributed by atoms with E-state index in [0.29, 0.717) is 28.4 Å². The molecule has 1 amide bonds. The Morgan fingerprint density at radius 2 is 1.68 bits per heavy atom. The molecule has 3 aromatic carbocycles. The zero-order chi connectivity index (χ0) is 37.0. The number of benzene rings is 3. The molecule has 0 aliphatic heterocycles. The van der Waals surface area contributed by atoms with Crippen molar-refractivity contribution in [1.82, 2.24) is 14.8 Å². The lowest BCUT2D eigenvalue weighted by Crippen LogP contribution is -2.15. The maximum atomic E-state index is 13.7. The minimum Gasteiger partial charge on any atom is -0.489 e. The van der Waals surface area contributed by atoms with Gasteiger partial charge in [0.25, 0.3) is 5.91 Å². The van der Waals surface area contributed by atoms with Crippen LogP contribution in [0.2, 0.25) is 10.0 Å². The Kier molecular flexibility index (Phi) is 11.6. The number of ether oxygens (including phenoxy) is 2. The summed E-state index contributed by atoms with van der Waals surface area (Å²) in [4.78, 5) is 28.3. The highest BCUT2D eigenvalue weighted by Gasteiger charge is 2.31. The average Bonchev–Trinajstić information content (AvgIpc) is 3.42. The number of carbonyl (C=O) groups excluding carboxylic acids is 1. The van der Waals surface area contributed by atoms with E-state index in [1.165, 1.54) is 30.5 Å². The molecule has 50 heavy (non-hydrogen) atoms. The number of aromatic nitrogens is 3. The van der Waals surface area contributed by atoms with Crippen LogP contribution in [0.4, 0.5) is 27.6 Å². The predicted octanol–water partition coefficient (Wildman–Crippen LogP) is 9.64. The topological polar surface area (TPSA) is 108 Å². The van der Waals surface area contributed by atoms with Crippen molar-refractivity contribution in [2.75, 3.05) is 5.32 Å². The van der Waals surface area contributed by atoms with E-state index in [1.807, 2.05) is 34.6 Å². The van der Waals surface area contributed by atoms with E-state index in [-0.39, 0.29) is 39.4 Å². The number of rotatable bonds is 7. The fourth-order valence-electron chi connectivity index (χ4n) is 4.03. The first-order valence-corrected chi connectivity index (χ1v) is 15.4. The summed E-state index contributed by atoms with van der Waals surface area (Å²) in [7, 11) is 0. The predicted molar refractivity (Wildman–Crippen MR) is 177 cm³/mol. The minimum absolute atomic E-state index is 0.0642. The van der Waals surface area contributed by atoms with Gasteiger partial charge in [-0.25, -0.2) is 18.6 Å². The van der Waals surface area contributed by atoms with E-state index in [9.17, 15) is 31.5 Å². The van der Waals surface area contributed by atoms with Crippen LogP contribution in [0.5, 0.6) is 17.4 Å². The Morgan fingerprint density at radius 1 is 0.960 bits per heavy atom. The molecule has 0 spiro atoms. The molecule has 0 fully saturated rings. The van der Waals surface area contributed by atoms with Crippen molar-refractivity contribution in [2.24, 2.45) is 0 Å². The molecular formula is C34H29Cl2F5N4O5. The molecular weight excluding hydrogens is 710 g/mol. The fraction of sp³-hybridized carbons (Fsp3) is 0.235. The van der Waals surface area contributed by atoms with Crippen molar-refractivity contribution in [2.45, 2.75) is 52.3 Å². The molecule has 1 N–H and O–H groups in total. The van der Waals surface area contributed by atoms with Gasteiger partial charge in [-0.3, -0.25) is 4.79 Å². The number of amides is 1.